The topological polar surface area (TPSA) is 77.8 Å². The van der Waals surface area contributed by atoms with Gasteiger partial charge in [0.25, 0.3) is 5.91 Å². The summed E-state index contributed by atoms with van der Waals surface area (Å²) in [6.07, 6.45) is -0.0408. The molecule has 1 heterocycles. The molecule has 0 aliphatic carbocycles. The quantitative estimate of drug-likeness (QED) is 0.630. The number of likely N-dealkylation sites (N-methyl/N-ethyl adjacent to an activating group) is 1. The first-order chi connectivity index (χ1) is 13.4. The monoisotopic (exact) mass is 381 g/mol. The molecule has 0 radical (unpaired) electrons. The molecule has 0 saturated carbocycles. The maximum absolute atomic E-state index is 12.9. The number of aliphatic hydroxyl groups is 1. The van der Waals surface area contributed by atoms with Gasteiger partial charge in [-0.25, -0.2) is 4.59 Å². The number of quaternary nitrogens is 1. The average molecular weight is 381 g/mol. The first-order valence-corrected chi connectivity index (χ1v) is 8.87. The van der Waals surface area contributed by atoms with E-state index in [4.69, 9.17) is 10.2 Å². The zero-order chi connectivity index (χ0) is 20.7. The number of hydrogen-bond acceptors (Lipinski definition) is 3. The number of hydrogen-bond donors (Lipinski definition) is 2. The molecule has 1 aliphatic rings. The van der Waals surface area contributed by atoms with Crippen LogP contribution in [-0.2, 0) is 4.79 Å². The Morgan fingerprint density at radius 2 is 1.64 bits per heavy atom. The number of aliphatic carboxylic acids is 1. The Kier molecular flexibility index (Phi) is 6.94. The van der Waals surface area contributed by atoms with E-state index in [0.717, 1.165) is 18.2 Å². The maximum atomic E-state index is 12.9. The Bertz CT molecular complexity index is 897. The third-order valence-corrected chi connectivity index (χ3v) is 4.44. The van der Waals surface area contributed by atoms with Gasteiger partial charge in [0.05, 0.1) is 20.5 Å². The van der Waals surface area contributed by atoms with Gasteiger partial charge in [-0.2, -0.15) is 5.01 Å². The molecule has 0 aromatic heterocycles. The summed E-state index contributed by atoms with van der Waals surface area (Å²) in [5.74, 6) is 5.09. The van der Waals surface area contributed by atoms with Gasteiger partial charge in [-0.3, -0.25) is 9.59 Å². The highest BCUT2D eigenvalue weighted by molar-refractivity contribution is 5.94. The van der Waals surface area contributed by atoms with Crippen molar-refractivity contribution in [3.63, 3.8) is 0 Å². The zero-order valence-electron chi connectivity index (χ0n) is 16.3. The van der Waals surface area contributed by atoms with Crippen LogP contribution < -0.4 is 0 Å². The number of rotatable bonds is 3. The van der Waals surface area contributed by atoms with E-state index in [1.165, 1.54) is 0 Å². The van der Waals surface area contributed by atoms with Crippen LogP contribution in [0.5, 0.6) is 0 Å². The average Bonchev–Trinajstić information content (AvgIpc) is 2.68. The lowest BCUT2D eigenvalue weighted by atomic mass is 10.0. The number of carboxylic acid groups (broad SMARTS) is 1. The van der Waals surface area contributed by atoms with Crippen LogP contribution in [-0.4, -0.2) is 65.5 Å². The molecule has 1 unspecified atom stereocenters. The van der Waals surface area contributed by atoms with E-state index < -0.39 is 5.97 Å². The number of nitrogens with zero attached hydrogens (tertiary/aromatic N) is 2. The highest BCUT2D eigenvalue weighted by Crippen LogP contribution is 2.28. The van der Waals surface area contributed by atoms with Gasteiger partial charge in [0, 0.05) is 23.8 Å². The predicted molar refractivity (Wildman–Crippen MR) is 106 cm³/mol. The van der Waals surface area contributed by atoms with Crippen molar-refractivity contribution in [2.24, 2.45) is 0 Å². The Morgan fingerprint density at radius 1 is 1.04 bits per heavy atom. The molecule has 1 fully saturated rings. The predicted octanol–water partition coefficient (Wildman–Crippen LogP) is 1.99. The largest absolute Gasteiger partial charge is 0.481 e. The lowest BCUT2D eigenvalue weighted by molar-refractivity contribution is -1.04. The summed E-state index contributed by atoms with van der Waals surface area (Å²) in [7, 11) is 4.80. The second-order valence-corrected chi connectivity index (χ2v) is 6.90. The minimum absolute atomic E-state index is 0.0408. The molecule has 6 nitrogen and oxygen atoms in total. The second kappa shape index (κ2) is 9.18. The molecule has 28 heavy (non-hydrogen) atoms. The molecule has 1 atom stereocenters. The van der Waals surface area contributed by atoms with E-state index in [9.17, 15) is 9.59 Å². The fraction of sp³-hybridized carbons (Fsp3) is 0.273. The number of benzene rings is 2. The van der Waals surface area contributed by atoms with E-state index in [2.05, 4.69) is 11.8 Å². The van der Waals surface area contributed by atoms with Crippen molar-refractivity contribution in [3.8, 4) is 11.8 Å². The Labute approximate surface area is 165 Å². The zero-order valence-corrected chi connectivity index (χ0v) is 16.3. The fourth-order valence-corrected chi connectivity index (χ4v) is 3.32. The molecular formula is C22H25N2O4+. The molecule has 0 bridgehead atoms. The van der Waals surface area contributed by atoms with Gasteiger partial charge in [-0.15, -0.1) is 0 Å². The number of carbonyl (C=O) groups is 2. The van der Waals surface area contributed by atoms with Gasteiger partial charge in [0.2, 0.25) is 0 Å². The van der Waals surface area contributed by atoms with Crippen LogP contribution in [0.25, 0.3) is 0 Å². The third kappa shape index (κ3) is 4.97. The minimum atomic E-state index is -0.894. The first-order valence-electron chi connectivity index (χ1n) is 8.87. The van der Waals surface area contributed by atoms with Crippen molar-refractivity contribution >= 4 is 11.9 Å². The summed E-state index contributed by atoms with van der Waals surface area (Å²) in [6, 6.07) is 16.5. The Morgan fingerprint density at radius 3 is 2.25 bits per heavy atom. The highest BCUT2D eigenvalue weighted by Gasteiger charge is 2.51. The van der Waals surface area contributed by atoms with E-state index in [1.54, 1.807) is 23.2 Å². The van der Waals surface area contributed by atoms with Crippen LogP contribution in [0.1, 0.15) is 27.9 Å². The molecule has 1 amide bonds. The molecule has 0 spiro atoms. The molecule has 2 N–H and O–H groups in total. The lowest BCUT2D eigenvalue weighted by Gasteiger charge is -2.53. The third-order valence-electron chi connectivity index (χ3n) is 4.44. The van der Waals surface area contributed by atoms with Gasteiger partial charge >= 0.3 is 5.97 Å². The van der Waals surface area contributed by atoms with E-state index in [1.807, 2.05) is 50.5 Å². The van der Waals surface area contributed by atoms with Gasteiger partial charge in [-0.1, -0.05) is 36.1 Å². The standard InChI is InChI=1S/C21H20N2O3.CH4O/c1-23(2)15-19(14-20(24)25)22(23)21(26)18-10-6-9-17(13-18)12-11-16-7-4-3-5-8-16;1-2/h3-10,13,19H,14-15H2,1-2H3;2H,1H3/p+1. The summed E-state index contributed by atoms with van der Waals surface area (Å²) < 4.78 is 0.358. The molecular weight excluding hydrogens is 356 g/mol. The number of carbonyl (C=O) groups excluding carboxylic acids is 1. The Balaban J connectivity index is 0.00000136. The molecule has 6 heteroatoms. The van der Waals surface area contributed by atoms with Crippen molar-refractivity contribution in [2.45, 2.75) is 12.5 Å². The number of amides is 1. The summed E-state index contributed by atoms with van der Waals surface area (Å²) >= 11 is 0. The van der Waals surface area contributed by atoms with Crippen molar-refractivity contribution in [3.05, 3.63) is 71.3 Å². The molecule has 146 valence electrons. The van der Waals surface area contributed by atoms with Crippen LogP contribution >= 0.6 is 0 Å². The summed E-state index contributed by atoms with van der Waals surface area (Å²) in [6.45, 7) is 0.630. The highest BCUT2D eigenvalue weighted by atomic mass is 16.4. The van der Waals surface area contributed by atoms with Crippen molar-refractivity contribution < 1.29 is 24.4 Å². The van der Waals surface area contributed by atoms with Gasteiger partial charge in [-0.05, 0) is 30.3 Å². The van der Waals surface area contributed by atoms with Crippen LogP contribution in [0.4, 0.5) is 0 Å². The molecule has 1 aliphatic heterocycles. The van der Waals surface area contributed by atoms with E-state index >= 15 is 0 Å². The van der Waals surface area contributed by atoms with E-state index in [0.29, 0.717) is 16.7 Å². The SMILES string of the molecule is CO.C[N+]1(C)CC(CC(=O)O)N1C(=O)c1cccc(C#Cc2ccccc2)c1. The smallest absolute Gasteiger partial charge is 0.305 e. The number of carboxylic acids is 1. The van der Waals surface area contributed by atoms with Gasteiger partial charge in [0.15, 0.2) is 0 Å². The van der Waals surface area contributed by atoms with Gasteiger partial charge in [0.1, 0.15) is 12.6 Å². The normalized spacial score (nSPS) is 16.6. The van der Waals surface area contributed by atoms with Crippen LogP contribution in [0.15, 0.2) is 54.6 Å². The molecule has 2 aromatic rings. The van der Waals surface area contributed by atoms with Crippen molar-refractivity contribution in [2.75, 3.05) is 27.7 Å². The van der Waals surface area contributed by atoms with Gasteiger partial charge < -0.3 is 10.2 Å². The summed E-state index contributed by atoms with van der Waals surface area (Å²) in [5.41, 5.74) is 2.18. The first kappa shape index (κ1) is 21.2. The van der Waals surface area contributed by atoms with Crippen LogP contribution in [0.2, 0.25) is 0 Å². The lowest BCUT2D eigenvalue weighted by Crippen LogP contribution is -2.75. The van der Waals surface area contributed by atoms with Crippen LogP contribution in [0, 0.1) is 11.8 Å². The molecule has 3 rings (SSSR count). The Hall–Kier alpha value is -3.14. The van der Waals surface area contributed by atoms with Crippen molar-refractivity contribution in [1.29, 1.82) is 0 Å². The van der Waals surface area contributed by atoms with Crippen LogP contribution in [0.3, 0.4) is 0 Å². The minimum Gasteiger partial charge on any atom is -0.481 e. The summed E-state index contributed by atoms with van der Waals surface area (Å²) in [5, 5.41) is 17.7. The number of aliphatic hydroxyl groups excluding tert-OH is 1. The van der Waals surface area contributed by atoms with E-state index in [-0.39, 0.29) is 18.4 Å². The second-order valence-electron chi connectivity index (χ2n) is 6.90. The summed E-state index contributed by atoms with van der Waals surface area (Å²) in [4.78, 5) is 24.0. The molecule has 2 aromatic carbocycles. The van der Waals surface area contributed by atoms with Crippen molar-refractivity contribution in [1.82, 2.24) is 5.01 Å². The maximum Gasteiger partial charge on any atom is 0.305 e. The fourth-order valence-electron chi connectivity index (χ4n) is 3.32. The molecule has 1 saturated heterocycles.